The molecule has 0 heterocycles. The number of benzene rings is 2. The highest BCUT2D eigenvalue weighted by molar-refractivity contribution is 6.35. The minimum Gasteiger partial charge on any atom is -0.497 e. The molecule has 0 fully saturated rings. The van der Waals surface area contributed by atoms with E-state index in [9.17, 15) is 5.11 Å². The van der Waals surface area contributed by atoms with Gasteiger partial charge in [-0.1, -0.05) is 35.3 Å². The van der Waals surface area contributed by atoms with E-state index < -0.39 is 6.10 Å². The van der Waals surface area contributed by atoms with E-state index in [2.05, 4.69) is 5.32 Å². The van der Waals surface area contributed by atoms with E-state index in [1.807, 2.05) is 24.3 Å². The standard InChI is InChI=1S/C15H15Cl2NO2/c1-20-14-4-2-10(3-5-14)15(19)9-18-13-7-11(16)6-12(17)8-13/h2-8,15,18-19H,9H2,1H3. The number of methoxy groups -OCH3 is 1. The van der Waals surface area contributed by atoms with Crippen molar-refractivity contribution in [1.29, 1.82) is 0 Å². The maximum atomic E-state index is 10.1. The number of nitrogens with one attached hydrogen (secondary N) is 1. The third-order valence-corrected chi connectivity index (χ3v) is 3.30. The summed E-state index contributed by atoms with van der Waals surface area (Å²) in [6, 6.07) is 12.5. The molecule has 3 nitrogen and oxygen atoms in total. The first-order valence-corrected chi connectivity index (χ1v) is 6.86. The van der Waals surface area contributed by atoms with E-state index in [0.717, 1.165) is 17.0 Å². The number of anilines is 1. The van der Waals surface area contributed by atoms with Crippen molar-refractivity contribution in [1.82, 2.24) is 0 Å². The number of ether oxygens (including phenoxy) is 1. The average Bonchev–Trinajstić information content (AvgIpc) is 2.44. The van der Waals surface area contributed by atoms with Gasteiger partial charge < -0.3 is 15.2 Å². The fourth-order valence-electron chi connectivity index (χ4n) is 1.81. The minimum absolute atomic E-state index is 0.364. The first-order valence-electron chi connectivity index (χ1n) is 6.10. The molecular weight excluding hydrogens is 297 g/mol. The predicted molar refractivity (Wildman–Crippen MR) is 82.9 cm³/mol. The van der Waals surface area contributed by atoms with E-state index in [0.29, 0.717) is 16.6 Å². The summed E-state index contributed by atoms with van der Waals surface area (Å²) >= 11 is 11.8. The molecule has 0 radical (unpaired) electrons. The lowest BCUT2D eigenvalue weighted by Crippen LogP contribution is -2.12. The number of rotatable bonds is 5. The predicted octanol–water partition coefficient (Wildman–Crippen LogP) is 4.15. The summed E-state index contributed by atoms with van der Waals surface area (Å²) in [4.78, 5) is 0. The number of halogens is 2. The molecule has 0 saturated heterocycles. The maximum Gasteiger partial charge on any atom is 0.118 e. The van der Waals surface area contributed by atoms with Gasteiger partial charge in [-0.2, -0.15) is 0 Å². The fraction of sp³-hybridized carbons (Fsp3) is 0.200. The second-order valence-corrected chi connectivity index (χ2v) is 5.20. The Labute approximate surface area is 128 Å². The molecule has 106 valence electrons. The largest absolute Gasteiger partial charge is 0.497 e. The molecule has 1 atom stereocenters. The van der Waals surface area contributed by atoms with Crippen LogP contribution in [0.3, 0.4) is 0 Å². The van der Waals surface area contributed by atoms with Crippen LogP contribution >= 0.6 is 23.2 Å². The average molecular weight is 312 g/mol. The Bertz CT molecular complexity index is 552. The Kier molecular flexibility index (Phi) is 5.12. The molecule has 0 amide bonds. The van der Waals surface area contributed by atoms with Crippen molar-refractivity contribution in [3.8, 4) is 5.75 Å². The molecule has 1 unspecified atom stereocenters. The van der Waals surface area contributed by atoms with Gasteiger partial charge >= 0.3 is 0 Å². The Morgan fingerprint density at radius 2 is 1.70 bits per heavy atom. The minimum atomic E-state index is -0.626. The van der Waals surface area contributed by atoms with Crippen molar-refractivity contribution in [3.05, 3.63) is 58.1 Å². The molecular formula is C15H15Cl2NO2. The van der Waals surface area contributed by atoms with E-state index in [4.69, 9.17) is 27.9 Å². The first kappa shape index (κ1) is 15.0. The molecule has 2 N–H and O–H groups in total. The highest BCUT2D eigenvalue weighted by Crippen LogP contribution is 2.23. The smallest absolute Gasteiger partial charge is 0.118 e. The lowest BCUT2D eigenvalue weighted by atomic mass is 10.1. The van der Waals surface area contributed by atoms with Gasteiger partial charge in [-0.05, 0) is 35.9 Å². The van der Waals surface area contributed by atoms with Gasteiger partial charge in [-0.3, -0.25) is 0 Å². The molecule has 0 bridgehead atoms. The van der Waals surface area contributed by atoms with Crippen molar-refractivity contribution in [3.63, 3.8) is 0 Å². The summed E-state index contributed by atoms with van der Waals surface area (Å²) in [5, 5.41) is 14.3. The zero-order chi connectivity index (χ0) is 14.5. The lowest BCUT2D eigenvalue weighted by Gasteiger charge is -2.14. The van der Waals surface area contributed by atoms with Crippen LogP contribution in [-0.2, 0) is 0 Å². The van der Waals surface area contributed by atoms with E-state index in [1.54, 1.807) is 25.3 Å². The third kappa shape index (κ3) is 4.04. The molecule has 0 aliphatic heterocycles. The zero-order valence-corrected chi connectivity index (χ0v) is 12.4. The second kappa shape index (κ2) is 6.84. The van der Waals surface area contributed by atoms with Crippen molar-refractivity contribution < 1.29 is 9.84 Å². The fourth-order valence-corrected chi connectivity index (χ4v) is 2.34. The van der Waals surface area contributed by atoms with Gasteiger partial charge in [0.05, 0.1) is 13.2 Å². The molecule has 0 aromatic heterocycles. The Morgan fingerprint density at radius 1 is 1.10 bits per heavy atom. The summed E-state index contributed by atoms with van der Waals surface area (Å²) in [6.45, 7) is 0.364. The number of aliphatic hydroxyl groups is 1. The van der Waals surface area contributed by atoms with Crippen LogP contribution in [-0.4, -0.2) is 18.8 Å². The Balaban J connectivity index is 1.98. The van der Waals surface area contributed by atoms with E-state index >= 15 is 0 Å². The van der Waals surface area contributed by atoms with Crippen molar-refractivity contribution in [2.45, 2.75) is 6.10 Å². The Hall–Kier alpha value is -1.42. The van der Waals surface area contributed by atoms with Gasteiger partial charge in [-0.15, -0.1) is 0 Å². The molecule has 2 aromatic rings. The molecule has 5 heteroatoms. The van der Waals surface area contributed by atoms with Crippen LogP contribution < -0.4 is 10.1 Å². The van der Waals surface area contributed by atoms with Crippen LogP contribution in [0.5, 0.6) is 5.75 Å². The van der Waals surface area contributed by atoms with Gasteiger partial charge in [0, 0.05) is 22.3 Å². The third-order valence-electron chi connectivity index (χ3n) is 2.86. The first-order chi connectivity index (χ1) is 9.58. The van der Waals surface area contributed by atoms with Gasteiger partial charge in [-0.25, -0.2) is 0 Å². The highest BCUT2D eigenvalue weighted by Gasteiger charge is 2.08. The Morgan fingerprint density at radius 3 is 2.25 bits per heavy atom. The maximum absolute atomic E-state index is 10.1. The summed E-state index contributed by atoms with van der Waals surface area (Å²) < 4.78 is 5.08. The quantitative estimate of drug-likeness (QED) is 0.871. The molecule has 0 spiro atoms. The zero-order valence-electron chi connectivity index (χ0n) is 10.9. The topological polar surface area (TPSA) is 41.5 Å². The second-order valence-electron chi connectivity index (χ2n) is 4.33. The van der Waals surface area contributed by atoms with Crippen molar-refractivity contribution >= 4 is 28.9 Å². The van der Waals surface area contributed by atoms with Crippen LogP contribution in [0, 0.1) is 0 Å². The summed E-state index contributed by atoms with van der Waals surface area (Å²) in [7, 11) is 1.61. The number of aliphatic hydroxyl groups excluding tert-OH is 1. The van der Waals surface area contributed by atoms with Gasteiger partial charge in [0.15, 0.2) is 0 Å². The van der Waals surface area contributed by atoms with Crippen LogP contribution in [0.25, 0.3) is 0 Å². The number of hydrogen-bond acceptors (Lipinski definition) is 3. The molecule has 2 aromatic carbocycles. The summed E-state index contributed by atoms with van der Waals surface area (Å²) in [5.74, 6) is 0.760. The van der Waals surface area contributed by atoms with Crippen LogP contribution in [0.4, 0.5) is 5.69 Å². The molecule has 20 heavy (non-hydrogen) atoms. The number of hydrogen-bond donors (Lipinski definition) is 2. The normalized spacial score (nSPS) is 12.0. The van der Waals surface area contributed by atoms with Gasteiger partial charge in [0.25, 0.3) is 0 Å². The molecule has 0 saturated carbocycles. The van der Waals surface area contributed by atoms with Gasteiger partial charge in [0.1, 0.15) is 5.75 Å². The molecule has 0 aliphatic rings. The molecule has 2 rings (SSSR count). The summed E-state index contributed by atoms with van der Waals surface area (Å²) in [6.07, 6.45) is -0.626. The van der Waals surface area contributed by atoms with Crippen LogP contribution in [0.15, 0.2) is 42.5 Å². The van der Waals surface area contributed by atoms with Crippen LogP contribution in [0.2, 0.25) is 10.0 Å². The summed E-state index contributed by atoms with van der Waals surface area (Å²) in [5.41, 5.74) is 1.58. The van der Waals surface area contributed by atoms with Crippen molar-refractivity contribution in [2.75, 3.05) is 19.0 Å². The van der Waals surface area contributed by atoms with E-state index in [1.165, 1.54) is 0 Å². The highest BCUT2D eigenvalue weighted by atomic mass is 35.5. The van der Waals surface area contributed by atoms with E-state index in [-0.39, 0.29) is 0 Å². The van der Waals surface area contributed by atoms with Gasteiger partial charge in [0.2, 0.25) is 0 Å². The van der Waals surface area contributed by atoms with Crippen LogP contribution in [0.1, 0.15) is 11.7 Å². The van der Waals surface area contributed by atoms with Crippen molar-refractivity contribution in [2.24, 2.45) is 0 Å². The monoisotopic (exact) mass is 311 g/mol. The molecule has 0 aliphatic carbocycles. The lowest BCUT2D eigenvalue weighted by molar-refractivity contribution is 0.191. The SMILES string of the molecule is COc1ccc(C(O)CNc2cc(Cl)cc(Cl)c2)cc1.